The summed E-state index contributed by atoms with van der Waals surface area (Å²) >= 11 is 8.12. The number of rotatable bonds is 6. The molecule has 0 spiro atoms. The SMILES string of the molecule is O=C(Nc1ccc(OC2CCN(Cc3ccsc3)CC2)c(Cl)c1)c1ccc(F)cc1.O=C(O)C(F)(F)F. The summed E-state index contributed by atoms with van der Waals surface area (Å²) in [6.07, 6.45) is -3.06. The van der Waals surface area contributed by atoms with Gasteiger partial charge >= 0.3 is 12.1 Å². The quantitative estimate of drug-likeness (QED) is 0.339. The van der Waals surface area contributed by atoms with Crippen LogP contribution in [0.15, 0.2) is 59.3 Å². The summed E-state index contributed by atoms with van der Waals surface area (Å²) in [5.74, 6) is -2.84. The van der Waals surface area contributed by atoms with Crippen molar-refractivity contribution >= 4 is 40.5 Å². The van der Waals surface area contributed by atoms with Crippen molar-refractivity contribution in [2.75, 3.05) is 18.4 Å². The minimum Gasteiger partial charge on any atom is -0.489 e. The number of likely N-dealkylation sites (tertiary alicyclic amines) is 1. The molecule has 0 radical (unpaired) electrons. The third kappa shape index (κ3) is 9.03. The number of hydrogen-bond donors (Lipinski definition) is 2. The predicted octanol–water partition coefficient (Wildman–Crippen LogP) is 6.47. The van der Waals surface area contributed by atoms with Gasteiger partial charge in [-0.1, -0.05) is 11.6 Å². The Balaban J connectivity index is 0.000000479. The molecule has 2 N–H and O–H groups in total. The molecular formula is C25H23ClF4N2O4S. The molecule has 1 saturated heterocycles. The fourth-order valence-electron chi connectivity index (χ4n) is 3.48. The zero-order valence-corrected chi connectivity index (χ0v) is 20.9. The van der Waals surface area contributed by atoms with Gasteiger partial charge in [-0.2, -0.15) is 24.5 Å². The molecule has 1 aromatic heterocycles. The van der Waals surface area contributed by atoms with Crippen molar-refractivity contribution in [3.05, 3.63) is 81.3 Å². The molecule has 1 amide bonds. The normalized spacial score (nSPS) is 14.4. The summed E-state index contributed by atoms with van der Waals surface area (Å²) < 4.78 is 50.9. The molecule has 37 heavy (non-hydrogen) atoms. The van der Waals surface area contributed by atoms with Crippen molar-refractivity contribution < 1.29 is 37.0 Å². The zero-order valence-electron chi connectivity index (χ0n) is 19.3. The first-order valence-electron chi connectivity index (χ1n) is 11.1. The van der Waals surface area contributed by atoms with Gasteiger partial charge < -0.3 is 15.2 Å². The Morgan fingerprint density at radius 2 is 1.76 bits per heavy atom. The number of amides is 1. The van der Waals surface area contributed by atoms with Crippen LogP contribution in [0.5, 0.6) is 5.75 Å². The third-order valence-corrected chi connectivity index (χ3v) is 6.38. The van der Waals surface area contributed by atoms with Crippen molar-refractivity contribution in [1.29, 1.82) is 0 Å². The molecule has 0 atom stereocenters. The van der Waals surface area contributed by atoms with E-state index in [-0.39, 0.29) is 17.8 Å². The third-order valence-electron chi connectivity index (χ3n) is 5.35. The lowest BCUT2D eigenvalue weighted by atomic mass is 10.1. The van der Waals surface area contributed by atoms with Crippen molar-refractivity contribution in [3.8, 4) is 5.75 Å². The highest BCUT2D eigenvalue weighted by molar-refractivity contribution is 7.07. The molecule has 2 heterocycles. The molecular weight excluding hydrogens is 536 g/mol. The number of nitrogens with zero attached hydrogens (tertiary/aromatic N) is 1. The van der Waals surface area contributed by atoms with Crippen molar-refractivity contribution in [2.45, 2.75) is 31.7 Å². The van der Waals surface area contributed by atoms with Gasteiger partial charge in [0, 0.05) is 30.9 Å². The van der Waals surface area contributed by atoms with Gasteiger partial charge in [0.25, 0.3) is 5.91 Å². The van der Waals surface area contributed by atoms with Crippen LogP contribution in [-0.4, -0.2) is 47.3 Å². The zero-order chi connectivity index (χ0) is 27.0. The van der Waals surface area contributed by atoms with Gasteiger partial charge in [-0.3, -0.25) is 9.69 Å². The topological polar surface area (TPSA) is 78.9 Å². The van der Waals surface area contributed by atoms with E-state index in [0.29, 0.717) is 22.0 Å². The van der Waals surface area contributed by atoms with E-state index < -0.39 is 12.1 Å². The Bertz CT molecular complexity index is 1180. The van der Waals surface area contributed by atoms with E-state index >= 15 is 0 Å². The number of carbonyl (C=O) groups is 2. The number of ether oxygens (including phenoxy) is 1. The van der Waals surface area contributed by atoms with Crippen molar-refractivity contribution in [1.82, 2.24) is 4.90 Å². The standard InChI is InChI=1S/C23H22ClFN2O2S.C2HF3O2/c24-21-13-19(26-23(28)17-1-3-18(25)4-2-17)5-6-22(21)29-20-7-10-27(11-8-20)14-16-9-12-30-15-16;3-2(4,5)1(6)7/h1-6,9,12-13,15,20H,7-8,10-11,14H2,(H,26,28);(H,6,7). The second-order valence-corrected chi connectivity index (χ2v) is 9.32. The van der Waals surface area contributed by atoms with Crippen LogP contribution >= 0.6 is 22.9 Å². The summed E-state index contributed by atoms with van der Waals surface area (Å²) in [6.45, 7) is 2.97. The van der Waals surface area contributed by atoms with E-state index in [1.807, 2.05) is 0 Å². The van der Waals surface area contributed by atoms with E-state index in [1.54, 1.807) is 29.5 Å². The molecule has 0 unspecified atom stereocenters. The number of hydrogen-bond acceptors (Lipinski definition) is 5. The highest BCUT2D eigenvalue weighted by Crippen LogP contribution is 2.30. The summed E-state index contributed by atoms with van der Waals surface area (Å²) in [7, 11) is 0. The van der Waals surface area contributed by atoms with Gasteiger partial charge in [0.1, 0.15) is 17.7 Å². The van der Waals surface area contributed by atoms with Crippen LogP contribution in [0, 0.1) is 5.82 Å². The van der Waals surface area contributed by atoms with E-state index in [4.69, 9.17) is 26.2 Å². The molecule has 3 aromatic rings. The fraction of sp³-hybridized carbons (Fsp3) is 0.280. The summed E-state index contributed by atoms with van der Waals surface area (Å²) in [4.78, 5) is 23.6. The number of piperidine rings is 1. The number of carboxylic acids is 1. The molecule has 1 fully saturated rings. The number of benzene rings is 2. The van der Waals surface area contributed by atoms with Gasteiger partial charge in [0.15, 0.2) is 0 Å². The first kappa shape index (κ1) is 28.4. The lowest BCUT2D eigenvalue weighted by Crippen LogP contribution is -2.37. The second-order valence-electron chi connectivity index (χ2n) is 8.13. The van der Waals surface area contributed by atoms with E-state index in [9.17, 15) is 22.4 Å². The summed E-state index contributed by atoms with van der Waals surface area (Å²) in [5, 5.41) is 14.6. The Morgan fingerprint density at radius 1 is 1.11 bits per heavy atom. The number of thiophene rings is 1. The highest BCUT2D eigenvalue weighted by Gasteiger charge is 2.38. The molecule has 12 heteroatoms. The molecule has 1 aliphatic rings. The number of aliphatic carboxylic acids is 1. The Morgan fingerprint density at radius 3 is 2.30 bits per heavy atom. The van der Waals surface area contributed by atoms with Gasteiger partial charge in [0.05, 0.1) is 5.02 Å². The predicted molar refractivity (Wildman–Crippen MR) is 133 cm³/mol. The van der Waals surface area contributed by atoms with Crippen LogP contribution in [0.25, 0.3) is 0 Å². The molecule has 198 valence electrons. The maximum atomic E-state index is 13.0. The second kappa shape index (κ2) is 12.9. The van der Waals surface area contributed by atoms with Gasteiger partial charge in [-0.15, -0.1) is 0 Å². The monoisotopic (exact) mass is 558 g/mol. The maximum Gasteiger partial charge on any atom is 0.490 e. The molecule has 0 saturated carbocycles. The number of nitrogens with one attached hydrogen (secondary N) is 1. The Kier molecular flexibility index (Phi) is 9.90. The number of alkyl halides is 3. The summed E-state index contributed by atoms with van der Waals surface area (Å²) in [6, 6.07) is 12.8. The van der Waals surface area contributed by atoms with Gasteiger partial charge in [-0.05, 0) is 77.7 Å². The average molecular weight is 559 g/mol. The molecule has 1 aliphatic heterocycles. The van der Waals surface area contributed by atoms with Crippen LogP contribution in [-0.2, 0) is 11.3 Å². The maximum absolute atomic E-state index is 13.0. The van der Waals surface area contributed by atoms with Crippen LogP contribution in [0.2, 0.25) is 5.02 Å². The Labute approximate surface area is 219 Å². The van der Waals surface area contributed by atoms with Crippen LogP contribution in [0.4, 0.5) is 23.2 Å². The van der Waals surface area contributed by atoms with Crippen molar-refractivity contribution in [3.63, 3.8) is 0 Å². The molecule has 0 aliphatic carbocycles. The lowest BCUT2D eigenvalue weighted by molar-refractivity contribution is -0.192. The van der Waals surface area contributed by atoms with Gasteiger partial charge in [0.2, 0.25) is 0 Å². The first-order chi connectivity index (χ1) is 17.5. The van der Waals surface area contributed by atoms with E-state index in [0.717, 1.165) is 32.5 Å². The highest BCUT2D eigenvalue weighted by atomic mass is 35.5. The van der Waals surface area contributed by atoms with Crippen LogP contribution in [0.3, 0.4) is 0 Å². The first-order valence-corrected chi connectivity index (χ1v) is 12.4. The van der Waals surface area contributed by atoms with E-state index in [2.05, 4.69) is 27.0 Å². The average Bonchev–Trinajstić information content (AvgIpc) is 3.35. The molecule has 6 nitrogen and oxygen atoms in total. The minimum atomic E-state index is -5.08. The Hall–Kier alpha value is -3.15. The largest absolute Gasteiger partial charge is 0.490 e. The number of anilines is 1. The molecule has 4 rings (SSSR count). The molecule has 2 aromatic carbocycles. The minimum absolute atomic E-state index is 0.126. The fourth-order valence-corrected chi connectivity index (χ4v) is 4.37. The van der Waals surface area contributed by atoms with Crippen LogP contribution < -0.4 is 10.1 Å². The number of carboxylic acid groups (broad SMARTS) is 1. The lowest BCUT2D eigenvalue weighted by Gasteiger charge is -2.32. The van der Waals surface area contributed by atoms with Crippen molar-refractivity contribution in [2.24, 2.45) is 0 Å². The number of carbonyl (C=O) groups excluding carboxylic acids is 1. The van der Waals surface area contributed by atoms with E-state index in [1.165, 1.54) is 29.8 Å². The summed E-state index contributed by atoms with van der Waals surface area (Å²) in [5.41, 5.74) is 2.30. The smallest absolute Gasteiger partial charge is 0.489 e. The molecule has 0 bridgehead atoms. The number of halogens is 5. The van der Waals surface area contributed by atoms with Gasteiger partial charge in [-0.25, -0.2) is 9.18 Å². The van der Waals surface area contributed by atoms with Crippen LogP contribution in [0.1, 0.15) is 28.8 Å².